The highest BCUT2D eigenvalue weighted by Gasteiger charge is 2.22. The van der Waals surface area contributed by atoms with Crippen LogP contribution < -0.4 is 10.9 Å². The standard InChI is InChI=1S/C18H23N3O2/c1-13-6-2-4-8-15(13)20-17(22)10-11-21-12-19-16-9-5-3-7-14(16)18(21)23/h3,5,7,9,12-13,15H,2,4,6,8,10-11H2,1H3,(H,20,22). The summed E-state index contributed by atoms with van der Waals surface area (Å²) in [6.07, 6.45) is 6.52. The number of nitrogens with one attached hydrogen (secondary N) is 1. The number of rotatable bonds is 4. The predicted molar refractivity (Wildman–Crippen MR) is 90.2 cm³/mol. The van der Waals surface area contributed by atoms with Gasteiger partial charge in [0.15, 0.2) is 0 Å². The van der Waals surface area contributed by atoms with Crippen LogP contribution in [0.25, 0.3) is 10.9 Å². The second kappa shape index (κ2) is 6.94. The molecule has 23 heavy (non-hydrogen) atoms. The van der Waals surface area contributed by atoms with Crippen molar-refractivity contribution in [3.8, 4) is 0 Å². The number of para-hydroxylation sites is 1. The molecule has 1 aromatic heterocycles. The van der Waals surface area contributed by atoms with Gasteiger partial charge in [-0.15, -0.1) is 0 Å². The summed E-state index contributed by atoms with van der Waals surface area (Å²) < 4.78 is 1.52. The van der Waals surface area contributed by atoms with Crippen LogP contribution in [-0.4, -0.2) is 21.5 Å². The molecule has 1 fully saturated rings. The van der Waals surface area contributed by atoms with Gasteiger partial charge in [-0.05, 0) is 30.9 Å². The topological polar surface area (TPSA) is 64.0 Å². The third-order valence-corrected chi connectivity index (χ3v) is 4.77. The first-order valence-corrected chi connectivity index (χ1v) is 8.38. The van der Waals surface area contributed by atoms with Gasteiger partial charge < -0.3 is 5.32 Å². The molecule has 0 radical (unpaired) electrons. The lowest BCUT2D eigenvalue weighted by atomic mass is 9.86. The van der Waals surface area contributed by atoms with Crippen molar-refractivity contribution in [2.45, 2.75) is 51.6 Å². The zero-order valence-electron chi connectivity index (χ0n) is 13.5. The van der Waals surface area contributed by atoms with E-state index in [4.69, 9.17) is 0 Å². The largest absolute Gasteiger partial charge is 0.353 e. The third kappa shape index (κ3) is 3.60. The van der Waals surface area contributed by atoms with Crippen LogP contribution in [0.3, 0.4) is 0 Å². The van der Waals surface area contributed by atoms with Crippen LogP contribution in [0.5, 0.6) is 0 Å². The molecule has 1 aliphatic rings. The van der Waals surface area contributed by atoms with Crippen molar-refractivity contribution in [2.24, 2.45) is 5.92 Å². The van der Waals surface area contributed by atoms with Crippen LogP contribution in [0.4, 0.5) is 0 Å². The monoisotopic (exact) mass is 313 g/mol. The minimum Gasteiger partial charge on any atom is -0.353 e. The molecule has 0 bridgehead atoms. The van der Waals surface area contributed by atoms with E-state index in [1.165, 1.54) is 30.2 Å². The molecule has 0 saturated heterocycles. The highest BCUT2D eigenvalue weighted by atomic mass is 16.2. The molecule has 1 aliphatic carbocycles. The lowest BCUT2D eigenvalue weighted by Gasteiger charge is -2.29. The zero-order valence-corrected chi connectivity index (χ0v) is 13.5. The summed E-state index contributed by atoms with van der Waals surface area (Å²) in [5.74, 6) is 0.557. The molecule has 1 amide bonds. The molecule has 5 nitrogen and oxygen atoms in total. The van der Waals surface area contributed by atoms with Crippen LogP contribution >= 0.6 is 0 Å². The quantitative estimate of drug-likeness (QED) is 0.943. The number of benzene rings is 1. The van der Waals surface area contributed by atoms with E-state index in [1.807, 2.05) is 18.2 Å². The van der Waals surface area contributed by atoms with Gasteiger partial charge in [-0.25, -0.2) is 4.98 Å². The summed E-state index contributed by atoms with van der Waals surface area (Å²) in [7, 11) is 0. The van der Waals surface area contributed by atoms with Crippen LogP contribution in [0.1, 0.15) is 39.0 Å². The van der Waals surface area contributed by atoms with Crippen LogP contribution in [0, 0.1) is 5.92 Å². The lowest BCUT2D eigenvalue weighted by molar-refractivity contribution is -0.122. The molecule has 122 valence electrons. The maximum atomic E-state index is 12.4. The summed E-state index contributed by atoms with van der Waals surface area (Å²) in [6.45, 7) is 2.56. The fourth-order valence-corrected chi connectivity index (χ4v) is 3.30. The Bertz CT molecular complexity index is 753. The van der Waals surface area contributed by atoms with Crippen LogP contribution in [0.2, 0.25) is 0 Å². The minimum absolute atomic E-state index is 0.0174. The molecule has 0 aliphatic heterocycles. The Morgan fingerprint density at radius 3 is 2.91 bits per heavy atom. The summed E-state index contributed by atoms with van der Waals surface area (Å²) in [5, 5.41) is 3.71. The number of amides is 1. The first-order valence-electron chi connectivity index (χ1n) is 8.38. The molecule has 0 spiro atoms. The Morgan fingerprint density at radius 1 is 1.30 bits per heavy atom. The summed E-state index contributed by atoms with van der Waals surface area (Å²) in [5.41, 5.74) is 0.601. The minimum atomic E-state index is -0.0885. The van der Waals surface area contributed by atoms with E-state index in [0.29, 0.717) is 29.8 Å². The molecule has 2 atom stereocenters. The number of aryl methyl sites for hydroxylation is 1. The summed E-state index contributed by atoms with van der Waals surface area (Å²) >= 11 is 0. The SMILES string of the molecule is CC1CCCCC1NC(=O)CCn1cnc2ccccc2c1=O. The number of carbonyl (C=O) groups excluding carboxylic acids is 1. The number of nitrogens with zero attached hydrogens (tertiary/aromatic N) is 2. The van der Waals surface area contributed by atoms with Gasteiger partial charge in [-0.1, -0.05) is 31.9 Å². The van der Waals surface area contributed by atoms with E-state index in [9.17, 15) is 9.59 Å². The fraction of sp³-hybridized carbons (Fsp3) is 0.500. The van der Waals surface area contributed by atoms with Gasteiger partial charge in [-0.3, -0.25) is 14.2 Å². The second-order valence-corrected chi connectivity index (χ2v) is 6.45. The van der Waals surface area contributed by atoms with Crippen molar-refractivity contribution >= 4 is 16.8 Å². The van der Waals surface area contributed by atoms with Crippen molar-refractivity contribution in [1.29, 1.82) is 0 Å². The maximum absolute atomic E-state index is 12.4. The molecule has 1 heterocycles. The van der Waals surface area contributed by atoms with Crippen molar-refractivity contribution in [3.05, 3.63) is 40.9 Å². The lowest BCUT2D eigenvalue weighted by Crippen LogP contribution is -2.41. The Kier molecular flexibility index (Phi) is 4.74. The fourth-order valence-electron chi connectivity index (χ4n) is 3.30. The third-order valence-electron chi connectivity index (χ3n) is 4.77. The number of aromatic nitrogens is 2. The van der Waals surface area contributed by atoms with Gasteiger partial charge in [-0.2, -0.15) is 0 Å². The van der Waals surface area contributed by atoms with Crippen molar-refractivity contribution in [3.63, 3.8) is 0 Å². The first-order chi connectivity index (χ1) is 11.1. The molecular weight excluding hydrogens is 290 g/mol. The normalized spacial score (nSPS) is 21.3. The number of hydrogen-bond acceptors (Lipinski definition) is 3. The Hall–Kier alpha value is -2.17. The van der Waals surface area contributed by atoms with Gasteiger partial charge in [0.2, 0.25) is 5.91 Å². The van der Waals surface area contributed by atoms with Crippen molar-refractivity contribution < 1.29 is 4.79 Å². The van der Waals surface area contributed by atoms with E-state index in [2.05, 4.69) is 17.2 Å². The number of carbonyl (C=O) groups is 1. The van der Waals surface area contributed by atoms with Crippen molar-refractivity contribution in [1.82, 2.24) is 14.9 Å². The van der Waals surface area contributed by atoms with Crippen LogP contribution in [-0.2, 0) is 11.3 Å². The smallest absolute Gasteiger partial charge is 0.261 e. The summed E-state index contributed by atoms with van der Waals surface area (Å²) in [6, 6.07) is 7.55. The first kappa shape index (κ1) is 15.7. The van der Waals surface area contributed by atoms with Gasteiger partial charge in [0.05, 0.1) is 17.2 Å². The molecule has 2 aromatic rings. The van der Waals surface area contributed by atoms with Crippen LogP contribution in [0.15, 0.2) is 35.4 Å². The van der Waals surface area contributed by atoms with E-state index in [0.717, 1.165) is 6.42 Å². The van der Waals surface area contributed by atoms with Gasteiger partial charge >= 0.3 is 0 Å². The Balaban J connectivity index is 1.63. The van der Waals surface area contributed by atoms with Crippen molar-refractivity contribution in [2.75, 3.05) is 0 Å². The van der Waals surface area contributed by atoms with Gasteiger partial charge in [0.1, 0.15) is 0 Å². The van der Waals surface area contributed by atoms with E-state index in [-0.39, 0.29) is 17.5 Å². The average Bonchev–Trinajstić information content (AvgIpc) is 2.57. The highest BCUT2D eigenvalue weighted by molar-refractivity contribution is 5.77. The molecule has 2 unspecified atom stereocenters. The molecular formula is C18H23N3O2. The van der Waals surface area contributed by atoms with Gasteiger partial charge in [0.25, 0.3) is 5.56 Å². The summed E-state index contributed by atoms with van der Waals surface area (Å²) in [4.78, 5) is 28.8. The predicted octanol–water partition coefficient (Wildman–Crippen LogP) is 2.48. The number of hydrogen-bond donors (Lipinski definition) is 1. The second-order valence-electron chi connectivity index (χ2n) is 6.45. The Morgan fingerprint density at radius 2 is 2.09 bits per heavy atom. The zero-order chi connectivity index (χ0) is 16.2. The molecule has 5 heteroatoms. The molecule has 1 aromatic carbocycles. The van der Waals surface area contributed by atoms with Gasteiger partial charge in [0, 0.05) is 19.0 Å². The maximum Gasteiger partial charge on any atom is 0.261 e. The molecule has 1 N–H and O–H groups in total. The number of fused-ring (bicyclic) bond motifs is 1. The van der Waals surface area contributed by atoms with E-state index in [1.54, 1.807) is 6.07 Å². The van der Waals surface area contributed by atoms with E-state index >= 15 is 0 Å². The Labute approximate surface area is 135 Å². The molecule has 1 saturated carbocycles. The molecule has 3 rings (SSSR count). The highest BCUT2D eigenvalue weighted by Crippen LogP contribution is 2.23. The van der Waals surface area contributed by atoms with E-state index < -0.39 is 0 Å². The average molecular weight is 313 g/mol.